The van der Waals surface area contributed by atoms with Crippen LogP contribution in [0.25, 0.3) is 0 Å². The minimum absolute atomic E-state index is 0.139. The minimum Gasteiger partial charge on any atom is -0.276 e. The van der Waals surface area contributed by atoms with Crippen molar-refractivity contribution in [3.05, 3.63) is 41.4 Å². The third-order valence-electron chi connectivity index (χ3n) is 3.93. The van der Waals surface area contributed by atoms with E-state index >= 15 is 0 Å². The second kappa shape index (κ2) is 6.92. The van der Waals surface area contributed by atoms with Gasteiger partial charge in [0.2, 0.25) is 11.0 Å². The summed E-state index contributed by atoms with van der Waals surface area (Å²) in [6, 6.07) is 8.30. The molecule has 2 heterocycles. The Morgan fingerprint density at radius 3 is 3.00 bits per heavy atom. The lowest BCUT2D eigenvalue weighted by molar-refractivity contribution is -0.118. The SMILES string of the molecule is CCCCCC(=O)N(c1nccs1)N1CCc2ccccc21. The molecule has 0 radical (unpaired) electrons. The first-order valence-corrected chi connectivity index (χ1v) is 8.77. The number of nitrogens with zero attached hydrogens (tertiary/aromatic N) is 3. The first kappa shape index (κ1) is 15.0. The zero-order valence-corrected chi connectivity index (χ0v) is 13.7. The van der Waals surface area contributed by atoms with Crippen molar-refractivity contribution in [1.29, 1.82) is 0 Å². The Balaban J connectivity index is 1.85. The monoisotopic (exact) mass is 315 g/mol. The normalized spacial score (nSPS) is 13.2. The number of carbonyl (C=O) groups is 1. The van der Waals surface area contributed by atoms with Gasteiger partial charge in [-0.15, -0.1) is 11.3 Å². The molecule has 1 aromatic heterocycles. The summed E-state index contributed by atoms with van der Waals surface area (Å²) >= 11 is 1.51. The van der Waals surface area contributed by atoms with Crippen LogP contribution in [0, 0.1) is 0 Å². The molecule has 3 rings (SSSR count). The number of aromatic nitrogens is 1. The quantitative estimate of drug-likeness (QED) is 0.755. The minimum atomic E-state index is 0.139. The number of para-hydroxylation sites is 1. The van der Waals surface area contributed by atoms with Crippen LogP contribution in [-0.2, 0) is 11.2 Å². The number of benzene rings is 1. The van der Waals surface area contributed by atoms with Crippen molar-refractivity contribution in [1.82, 2.24) is 4.98 Å². The molecule has 0 saturated heterocycles. The highest BCUT2D eigenvalue weighted by molar-refractivity contribution is 7.13. The number of anilines is 2. The van der Waals surface area contributed by atoms with Crippen molar-refractivity contribution >= 4 is 28.1 Å². The predicted octanol–water partition coefficient (Wildman–Crippen LogP) is 4.03. The second-order valence-corrected chi connectivity index (χ2v) is 6.35. The van der Waals surface area contributed by atoms with Gasteiger partial charge in [0, 0.05) is 24.5 Å². The molecule has 1 amide bonds. The van der Waals surface area contributed by atoms with Crippen LogP contribution in [0.15, 0.2) is 35.8 Å². The van der Waals surface area contributed by atoms with Gasteiger partial charge in [0.25, 0.3) is 0 Å². The molecular weight excluding hydrogens is 294 g/mol. The fraction of sp³-hybridized carbons (Fsp3) is 0.412. The molecule has 22 heavy (non-hydrogen) atoms. The Bertz CT molecular complexity index is 627. The fourth-order valence-corrected chi connectivity index (χ4v) is 3.49. The van der Waals surface area contributed by atoms with Gasteiger partial charge in [0.05, 0.1) is 5.69 Å². The van der Waals surface area contributed by atoms with Crippen molar-refractivity contribution in [2.24, 2.45) is 0 Å². The van der Waals surface area contributed by atoms with Crippen molar-refractivity contribution in [3.63, 3.8) is 0 Å². The maximum Gasteiger partial charge on any atom is 0.247 e. The molecule has 1 aliphatic rings. The third kappa shape index (κ3) is 2.99. The summed E-state index contributed by atoms with van der Waals surface area (Å²) in [6.07, 6.45) is 6.46. The van der Waals surface area contributed by atoms with E-state index in [4.69, 9.17) is 0 Å². The number of carbonyl (C=O) groups excluding carboxylic acids is 1. The number of fused-ring (bicyclic) bond motifs is 1. The Labute approximate surface area is 135 Å². The summed E-state index contributed by atoms with van der Waals surface area (Å²) in [4.78, 5) is 17.1. The van der Waals surface area contributed by atoms with Gasteiger partial charge in [-0.25, -0.2) is 4.98 Å². The summed E-state index contributed by atoms with van der Waals surface area (Å²) < 4.78 is 0. The van der Waals surface area contributed by atoms with E-state index in [2.05, 4.69) is 35.1 Å². The molecule has 5 heteroatoms. The number of hydrogen-bond acceptors (Lipinski definition) is 4. The lowest BCUT2D eigenvalue weighted by Crippen LogP contribution is -2.46. The third-order valence-corrected chi connectivity index (χ3v) is 4.68. The number of rotatable bonds is 6. The molecule has 0 aliphatic carbocycles. The van der Waals surface area contributed by atoms with E-state index < -0.39 is 0 Å². The van der Waals surface area contributed by atoms with Crippen LogP contribution in [0.2, 0.25) is 0 Å². The van der Waals surface area contributed by atoms with E-state index in [0.717, 1.165) is 43.0 Å². The Morgan fingerprint density at radius 1 is 1.36 bits per heavy atom. The average Bonchev–Trinajstić information content (AvgIpc) is 3.19. The molecule has 0 bridgehead atoms. The van der Waals surface area contributed by atoms with Crippen molar-refractivity contribution < 1.29 is 4.79 Å². The highest BCUT2D eigenvalue weighted by Crippen LogP contribution is 2.32. The number of amides is 1. The standard InChI is InChI=1S/C17H21N3OS/c1-2-3-4-9-16(21)20(17-18-11-13-22-17)19-12-10-14-7-5-6-8-15(14)19/h5-8,11,13H,2-4,9-10,12H2,1H3. The predicted molar refractivity (Wildman–Crippen MR) is 91.2 cm³/mol. The molecule has 1 aliphatic heterocycles. The van der Waals surface area contributed by atoms with E-state index in [1.165, 1.54) is 16.9 Å². The van der Waals surface area contributed by atoms with Crippen LogP contribution >= 0.6 is 11.3 Å². The van der Waals surface area contributed by atoms with Crippen LogP contribution in [0.5, 0.6) is 0 Å². The van der Waals surface area contributed by atoms with Crippen molar-refractivity contribution in [2.45, 2.75) is 39.0 Å². The molecule has 0 fully saturated rings. The Morgan fingerprint density at radius 2 is 2.23 bits per heavy atom. The highest BCUT2D eigenvalue weighted by Gasteiger charge is 2.30. The van der Waals surface area contributed by atoms with Crippen LogP contribution in [0.3, 0.4) is 0 Å². The molecule has 0 N–H and O–H groups in total. The second-order valence-electron chi connectivity index (χ2n) is 5.48. The fourth-order valence-electron chi connectivity index (χ4n) is 2.83. The number of unbranched alkanes of at least 4 members (excludes halogenated alkanes) is 2. The largest absolute Gasteiger partial charge is 0.276 e. The molecule has 1 aromatic carbocycles. The lowest BCUT2D eigenvalue weighted by atomic mass is 10.2. The van der Waals surface area contributed by atoms with E-state index in [9.17, 15) is 4.79 Å². The van der Waals surface area contributed by atoms with Crippen molar-refractivity contribution in [3.8, 4) is 0 Å². The van der Waals surface area contributed by atoms with E-state index in [1.807, 2.05) is 11.4 Å². The molecule has 2 aromatic rings. The summed E-state index contributed by atoms with van der Waals surface area (Å²) in [5.74, 6) is 0.139. The topological polar surface area (TPSA) is 36.4 Å². The summed E-state index contributed by atoms with van der Waals surface area (Å²) in [6.45, 7) is 2.98. The lowest BCUT2D eigenvalue weighted by Gasteiger charge is -2.31. The summed E-state index contributed by atoms with van der Waals surface area (Å²) in [5, 5.41) is 6.55. The van der Waals surface area contributed by atoms with Gasteiger partial charge >= 0.3 is 0 Å². The Kier molecular flexibility index (Phi) is 4.73. The van der Waals surface area contributed by atoms with Gasteiger partial charge in [0.1, 0.15) is 0 Å². The first-order chi connectivity index (χ1) is 10.8. The molecule has 0 atom stereocenters. The maximum atomic E-state index is 12.8. The summed E-state index contributed by atoms with van der Waals surface area (Å²) in [7, 11) is 0. The van der Waals surface area contributed by atoms with Crippen LogP contribution in [0.4, 0.5) is 10.8 Å². The molecular formula is C17H21N3OS. The van der Waals surface area contributed by atoms with Gasteiger partial charge in [-0.05, 0) is 24.5 Å². The maximum absolute atomic E-state index is 12.8. The van der Waals surface area contributed by atoms with Gasteiger partial charge in [-0.3, -0.25) is 9.80 Å². The van der Waals surface area contributed by atoms with Crippen molar-refractivity contribution in [2.75, 3.05) is 16.6 Å². The van der Waals surface area contributed by atoms with Crippen LogP contribution in [0.1, 0.15) is 38.2 Å². The van der Waals surface area contributed by atoms with Crippen LogP contribution < -0.4 is 10.0 Å². The smallest absolute Gasteiger partial charge is 0.247 e. The molecule has 0 spiro atoms. The molecule has 116 valence electrons. The molecule has 0 saturated carbocycles. The van der Waals surface area contributed by atoms with E-state index in [1.54, 1.807) is 11.2 Å². The zero-order chi connectivity index (χ0) is 15.4. The van der Waals surface area contributed by atoms with Gasteiger partial charge < -0.3 is 0 Å². The van der Waals surface area contributed by atoms with Gasteiger partial charge in [-0.1, -0.05) is 38.0 Å². The summed E-state index contributed by atoms with van der Waals surface area (Å²) in [5.41, 5.74) is 2.42. The number of thiazole rings is 1. The average molecular weight is 315 g/mol. The zero-order valence-electron chi connectivity index (χ0n) is 12.9. The van der Waals surface area contributed by atoms with E-state index in [-0.39, 0.29) is 5.91 Å². The number of hydrazine groups is 1. The van der Waals surface area contributed by atoms with Crippen LogP contribution in [-0.4, -0.2) is 17.4 Å². The highest BCUT2D eigenvalue weighted by atomic mass is 32.1. The molecule has 0 unspecified atom stereocenters. The Hall–Kier alpha value is -1.88. The van der Waals surface area contributed by atoms with E-state index in [0.29, 0.717) is 6.42 Å². The van der Waals surface area contributed by atoms with Gasteiger partial charge in [0.15, 0.2) is 0 Å². The molecule has 4 nitrogen and oxygen atoms in total. The first-order valence-electron chi connectivity index (χ1n) is 7.89. The number of hydrogen-bond donors (Lipinski definition) is 0. The van der Waals surface area contributed by atoms with Gasteiger partial charge in [-0.2, -0.15) is 5.01 Å².